The van der Waals surface area contributed by atoms with Crippen LogP contribution in [-0.2, 0) is 6.54 Å². The van der Waals surface area contributed by atoms with Crippen LogP contribution in [0, 0.1) is 0 Å². The Morgan fingerprint density at radius 2 is 2.00 bits per heavy atom. The Kier molecular flexibility index (Phi) is 4.20. The van der Waals surface area contributed by atoms with E-state index in [1.54, 1.807) is 12.1 Å². The lowest BCUT2D eigenvalue weighted by molar-refractivity contribution is 0.0519. The molecule has 0 spiro atoms. The second kappa shape index (κ2) is 6.51. The summed E-state index contributed by atoms with van der Waals surface area (Å²) >= 11 is 0. The first kappa shape index (κ1) is 16.1. The van der Waals surface area contributed by atoms with Crippen LogP contribution < -0.4 is 5.43 Å². The van der Waals surface area contributed by atoms with Gasteiger partial charge in [0.1, 0.15) is 0 Å². The van der Waals surface area contributed by atoms with Gasteiger partial charge in [0.15, 0.2) is 0 Å². The van der Waals surface area contributed by atoms with Crippen LogP contribution in [0.3, 0.4) is 0 Å². The number of benzene rings is 1. The quantitative estimate of drug-likeness (QED) is 0.920. The number of fused-ring (bicyclic) bond motifs is 1. The molecule has 0 unspecified atom stereocenters. The van der Waals surface area contributed by atoms with Crippen LogP contribution in [0.2, 0.25) is 0 Å². The lowest BCUT2D eigenvalue weighted by Crippen LogP contribution is -2.51. The summed E-state index contributed by atoms with van der Waals surface area (Å²) in [4.78, 5) is 12.5. The first-order valence-electron chi connectivity index (χ1n) is 8.44. The summed E-state index contributed by atoms with van der Waals surface area (Å²) in [5, 5.41) is 8.97. The lowest BCUT2D eigenvalue weighted by Gasteiger charge is -2.37. The van der Waals surface area contributed by atoms with Crippen LogP contribution in [0.15, 0.2) is 22.6 Å². The number of carbonyl (C=O) groups is 1. The SMILES string of the molecule is O=C1NN(C2CCCCC2)Cc2ccc(-c3nnc(C(F)F)o3)cc21. The molecule has 1 N–H and O–H groups in total. The maximum atomic E-state index is 12.6. The normalized spacial score (nSPS) is 19.1. The zero-order valence-electron chi connectivity index (χ0n) is 13.5. The zero-order chi connectivity index (χ0) is 17.4. The van der Waals surface area contributed by atoms with E-state index in [9.17, 15) is 13.6 Å². The second-order valence-electron chi connectivity index (χ2n) is 6.48. The van der Waals surface area contributed by atoms with Crippen molar-refractivity contribution in [2.75, 3.05) is 0 Å². The highest BCUT2D eigenvalue weighted by Gasteiger charge is 2.29. The average molecular weight is 348 g/mol. The minimum absolute atomic E-state index is 0.0133. The summed E-state index contributed by atoms with van der Waals surface area (Å²) < 4.78 is 30.1. The second-order valence-corrected chi connectivity index (χ2v) is 6.48. The molecule has 1 amide bonds. The average Bonchev–Trinajstić information content (AvgIpc) is 3.13. The third-order valence-electron chi connectivity index (χ3n) is 4.83. The maximum absolute atomic E-state index is 12.6. The first-order valence-corrected chi connectivity index (χ1v) is 8.44. The van der Waals surface area contributed by atoms with Crippen molar-refractivity contribution in [2.24, 2.45) is 0 Å². The number of amides is 1. The number of hydrazine groups is 1. The monoisotopic (exact) mass is 348 g/mol. The Labute approximate surface area is 143 Å². The van der Waals surface area contributed by atoms with Crippen LogP contribution in [0.5, 0.6) is 0 Å². The molecule has 6 nitrogen and oxygen atoms in total. The van der Waals surface area contributed by atoms with Gasteiger partial charge in [0, 0.05) is 23.7 Å². The third kappa shape index (κ3) is 3.13. The fourth-order valence-electron chi connectivity index (χ4n) is 3.52. The Morgan fingerprint density at radius 3 is 2.72 bits per heavy atom. The third-order valence-corrected chi connectivity index (χ3v) is 4.83. The van der Waals surface area contributed by atoms with Crippen molar-refractivity contribution < 1.29 is 18.0 Å². The van der Waals surface area contributed by atoms with Crippen LogP contribution >= 0.6 is 0 Å². The topological polar surface area (TPSA) is 71.3 Å². The summed E-state index contributed by atoms with van der Waals surface area (Å²) in [6.07, 6.45) is 2.99. The van der Waals surface area contributed by atoms with E-state index in [1.807, 2.05) is 11.1 Å². The molecule has 1 aromatic carbocycles. The number of carbonyl (C=O) groups excluding carboxylic acids is 1. The molecule has 132 valence electrons. The molecule has 1 aliphatic heterocycles. The van der Waals surface area contributed by atoms with Crippen molar-refractivity contribution in [3.05, 3.63) is 35.2 Å². The minimum Gasteiger partial charge on any atom is -0.415 e. The van der Waals surface area contributed by atoms with E-state index in [0.29, 0.717) is 23.7 Å². The Hall–Kier alpha value is -2.35. The first-order chi connectivity index (χ1) is 12.1. The smallest absolute Gasteiger partial charge is 0.314 e. The summed E-state index contributed by atoms with van der Waals surface area (Å²) in [5.74, 6) is -0.927. The number of nitrogens with zero attached hydrogens (tertiary/aromatic N) is 3. The highest BCUT2D eigenvalue weighted by atomic mass is 19.3. The molecule has 4 rings (SSSR count). The van der Waals surface area contributed by atoms with Crippen LogP contribution in [0.1, 0.15) is 60.3 Å². The van der Waals surface area contributed by atoms with Crippen molar-refractivity contribution in [2.45, 2.75) is 51.1 Å². The summed E-state index contributed by atoms with van der Waals surface area (Å²) in [7, 11) is 0. The number of hydrogen-bond donors (Lipinski definition) is 1. The lowest BCUT2D eigenvalue weighted by atomic mass is 9.93. The molecule has 2 aliphatic rings. The molecule has 0 radical (unpaired) electrons. The number of rotatable bonds is 3. The summed E-state index contributed by atoms with van der Waals surface area (Å²) in [6, 6.07) is 5.53. The van der Waals surface area contributed by atoms with Crippen molar-refractivity contribution in [3.8, 4) is 11.5 Å². The molecule has 1 fully saturated rings. The fraction of sp³-hybridized carbons (Fsp3) is 0.471. The maximum Gasteiger partial charge on any atom is 0.314 e. The van der Waals surface area contributed by atoms with Gasteiger partial charge >= 0.3 is 6.43 Å². The predicted octanol–water partition coefficient (Wildman–Crippen LogP) is 3.47. The number of hydrogen-bond acceptors (Lipinski definition) is 5. The molecule has 25 heavy (non-hydrogen) atoms. The summed E-state index contributed by atoms with van der Waals surface area (Å²) in [5.41, 5.74) is 4.83. The van der Waals surface area contributed by atoms with Gasteiger partial charge < -0.3 is 4.42 Å². The molecule has 1 saturated carbocycles. The Bertz CT molecular complexity index is 787. The van der Waals surface area contributed by atoms with E-state index >= 15 is 0 Å². The van der Waals surface area contributed by atoms with E-state index in [4.69, 9.17) is 4.42 Å². The summed E-state index contributed by atoms with van der Waals surface area (Å²) in [6.45, 7) is 0.637. The van der Waals surface area contributed by atoms with Gasteiger partial charge in [0.05, 0.1) is 0 Å². The highest BCUT2D eigenvalue weighted by Crippen LogP contribution is 2.29. The van der Waals surface area contributed by atoms with Crippen molar-refractivity contribution >= 4 is 5.91 Å². The highest BCUT2D eigenvalue weighted by molar-refractivity contribution is 5.97. The van der Waals surface area contributed by atoms with E-state index in [0.717, 1.165) is 18.4 Å². The van der Waals surface area contributed by atoms with Crippen LogP contribution in [0.25, 0.3) is 11.5 Å². The molecular formula is C17H18F2N4O2. The van der Waals surface area contributed by atoms with E-state index < -0.39 is 12.3 Å². The van der Waals surface area contributed by atoms with Crippen LogP contribution in [-0.4, -0.2) is 27.2 Å². The fourth-order valence-corrected chi connectivity index (χ4v) is 3.52. The van der Waals surface area contributed by atoms with Crippen molar-refractivity contribution in [1.82, 2.24) is 20.6 Å². The molecule has 0 atom stereocenters. The molecule has 0 saturated heterocycles. The molecule has 1 aromatic heterocycles. The predicted molar refractivity (Wildman–Crippen MR) is 84.6 cm³/mol. The van der Waals surface area contributed by atoms with Gasteiger partial charge in [-0.05, 0) is 30.5 Å². The van der Waals surface area contributed by atoms with E-state index in [2.05, 4.69) is 15.6 Å². The van der Waals surface area contributed by atoms with Gasteiger partial charge in [0.2, 0.25) is 5.89 Å². The molecular weight excluding hydrogens is 330 g/mol. The van der Waals surface area contributed by atoms with Gasteiger partial charge in [-0.15, -0.1) is 10.2 Å². The minimum atomic E-state index is -2.81. The van der Waals surface area contributed by atoms with Gasteiger partial charge in [-0.1, -0.05) is 25.3 Å². The molecule has 2 aromatic rings. The van der Waals surface area contributed by atoms with Crippen molar-refractivity contribution in [3.63, 3.8) is 0 Å². The Morgan fingerprint density at radius 1 is 1.20 bits per heavy atom. The van der Waals surface area contributed by atoms with Gasteiger partial charge in [-0.2, -0.15) is 8.78 Å². The molecule has 2 heterocycles. The Balaban J connectivity index is 1.58. The van der Waals surface area contributed by atoms with E-state index in [-0.39, 0.29) is 11.8 Å². The van der Waals surface area contributed by atoms with Crippen LogP contribution in [0.4, 0.5) is 8.78 Å². The van der Waals surface area contributed by atoms with Gasteiger partial charge in [-0.3, -0.25) is 10.2 Å². The molecule has 1 aliphatic carbocycles. The number of aromatic nitrogens is 2. The standard InChI is InChI=1S/C17H18F2N4O2/c18-14(19)17-21-20-16(25-17)10-6-7-11-9-23(12-4-2-1-3-5-12)22-15(24)13(11)8-10/h6-8,12,14H,1-5,9H2,(H,22,24). The van der Waals surface area contributed by atoms with Gasteiger partial charge in [0.25, 0.3) is 11.8 Å². The number of alkyl halides is 2. The number of halogens is 2. The number of nitrogens with one attached hydrogen (secondary N) is 1. The zero-order valence-corrected chi connectivity index (χ0v) is 13.5. The van der Waals surface area contributed by atoms with Gasteiger partial charge in [-0.25, -0.2) is 5.01 Å². The van der Waals surface area contributed by atoms with E-state index in [1.165, 1.54) is 19.3 Å². The van der Waals surface area contributed by atoms with Crippen molar-refractivity contribution in [1.29, 1.82) is 0 Å². The molecule has 8 heteroatoms. The largest absolute Gasteiger partial charge is 0.415 e. The molecule has 0 bridgehead atoms.